The van der Waals surface area contributed by atoms with Crippen molar-refractivity contribution in [3.63, 3.8) is 0 Å². The lowest BCUT2D eigenvalue weighted by molar-refractivity contribution is -0.139. The van der Waals surface area contributed by atoms with E-state index in [0.717, 1.165) is 55.3 Å². The summed E-state index contributed by atoms with van der Waals surface area (Å²) in [5.74, 6) is -1.43. The molecule has 0 spiro atoms. The number of fused-ring (bicyclic) bond motifs is 1. The number of carbonyl (C=O) groups excluding carboxylic acids is 4. The Labute approximate surface area is 211 Å². The molecule has 36 heavy (non-hydrogen) atoms. The van der Waals surface area contributed by atoms with Crippen molar-refractivity contribution < 1.29 is 23.9 Å². The number of aryl methyl sites for hydroxylation is 2. The number of nitrogens with zero attached hydrogens (tertiary/aromatic N) is 2. The number of esters is 1. The van der Waals surface area contributed by atoms with Gasteiger partial charge in [0.2, 0.25) is 17.7 Å². The van der Waals surface area contributed by atoms with Gasteiger partial charge < -0.3 is 9.64 Å². The Hall–Kier alpha value is -3.48. The summed E-state index contributed by atoms with van der Waals surface area (Å²) >= 11 is 0. The third-order valence-corrected chi connectivity index (χ3v) is 7.85. The lowest BCUT2D eigenvalue weighted by Crippen LogP contribution is -2.30. The summed E-state index contributed by atoms with van der Waals surface area (Å²) in [5, 5.41) is 0. The molecule has 0 radical (unpaired) electrons. The monoisotopic (exact) mass is 488 g/mol. The molecule has 2 aliphatic heterocycles. The molecule has 1 aliphatic carbocycles. The zero-order chi connectivity index (χ0) is 25.4. The quantitative estimate of drug-likeness (QED) is 0.341. The minimum absolute atomic E-state index is 0.0737. The molecule has 0 N–H and O–H groups in total. The van der Waals surface area contributed by atoms with Crippen LogP contribution in [0, 0.1) is 17.8 Å². The van der Waals surface area contributed by atoms with Gasteiger partial charge in [0.05, 0.1) is 23.4 Å². The van der Waals surface area contributed by atoms with Crippen molar-refractivity contribution >= 4 is 35.1 Å². The maximum atomic E-state index is 12.9. The summed E-state index contributed by atoms with van der Waals surface area (Å²) in [5.41, 5.74) is 3.62. The molecule has 2 aromatic rings. The Morgan fingerprint density at radius 2 is 1.47 bits per heavy atom. The molecule has 7 heteroatoms. The van der Waals surface area contributed by atoms with Crippen molar-refractivity contribution in [2.75, 3.05) is 16.3 Å². The third-order valence-electron chi connectivity index (χ3n) is 7.85. The number of rotatable bonds is 6. The van der Waals surface area contributed by atoms with Gasteiger partial charge in [-0.15, -0.1) is 0 Å². The van der Waals surface area contributed by atoms with Gasteiger partial charge in [-0.3, -0.25) is 24.1 Å². The average Bonchev–Trinajstić information content (AvgIpc) is 3.41. The molecule has 7 nitrogen and oxygen atoms in total. The van der Waals surface area contributed by atoms with Gasteiger partial charge in [-0.1, -0.05) is 44.9 Å². The number of imide groups is 1. The van der Waals surface area contributed by atoms with Gasteiger partial charge in [-0.05, 0) is 61.1 Å². The SMILES string of the molecule is CCc1cccc(CC)c1N1C[C@H](C(=O)Oc2ccc(N3C(=O)[C@@H]4CCCC[C@H]4C3=O)cc2)CC1=O. The molecule has 5 rings (SSSR count). The topological polar surface area (TPSA) is 84.0 Å². The Morgan fingerprint density at radius 1 is 0.889 bits per heavy atom. The molecule has 0 bridgehead atoms. The first-order chi connectivity index (χ1) is 17.4. The highest BCUT2D eigenvalue weighted by Gasteiger charge is 2.48. The number of benzene rings is 2. The summed E-state index contributed by atoms with van der Waals surface area (Å²) < 4.78 is 5.60. The lowest BCUT2D eigenvalue weighted by Gasteiger charge is -2.23. The van der Waals surface area contributed by atoms with Crippen molar-refractivity contribution in [1.29, 1.82) is 0 Å². The van der Waals surface area contributed by atoms with Crippen LogP contribution in [0.4, 0.5) is 11.4 Å². The van der Waals surface area contributed by atoms with Crippen LogP contribution >= 0.6 is 0 Å². The van der Waals surface area contributed by atoms with Crippen molar-refractivity contribution in [2.24, 2.45) is 17.8 Å². The van der Waals surface area contributed by atoms with Crippen LogP contribution in [0.5, 0.6) is 5.75 Å². The zero-order valence-corrected chi connectivity index (χ0v) is 20.9. The maximum Gasteiger partial charge on any atom is 0.316 e. The van der Waals surface area contributed by atoms with Gasteiger partial charge in [0, 0.05) is 18.7 Å². The summed E-state index contributed by atoms with van der Waals surface area (Å²) in [6.07, 6.45) is 5.21. The predicted molar refractivity (Wildman–Crippen MR) is 136 cm³/mol. The fourth-order valence-electron chi connectivity index (χ4n) is 5.92. The van der Waals surface area contributed by atoms with E-state index in [4.69, 9.17) is 4.74 Å². The minimum atomic E-state index is -0.559. The van der Waals surface area contributed by atoms with Gasteiger partial charge in [-0.2, -0.15) is 0 Å². The molecule has 3 fully saturated rings. The van der Waals surface area contributed by atoms with Gasteiger partial charge in [0.15, 0.2) is 0 Å². The van der Waals surface area contributed by atoms with Gasteiger partial charge in [0.25, 0.3) is 0 Å². The summed E-state index contributed by atoms with van der Waals surface area (Å²) in [6, 6.07) is 12.6. The average molecular weight is 489 g/mol. The van der Waals surface area contributed by atoms with Crippen LogP contribution in [-0.2, 0) is 32.0 Å². The maximum absolute atomic E-state index is 12.9. The molecular formula is C29H32N2O5. The Bertz CT molecular complexity index is 1160. The molecule has 0 unspecified atom stereocenters. The van der Waals surface area contributed by atoms with E-state index < -0.39 is 11.9 Å². The van der Waals surface area contributed by atoms with Crippen LogP contribution in [-0.4, -0.2) is 30.2 Å². The minimum Gasteiger partial charge on any atom is -0.426 e. The fourth-order valence-corrected chi connectivity index (χ4v) is 5.92. The second kappa shape index (κ2) is 9.88. The van der Waals surface area contributed by atoms with E-state index in [-0.39, 0.29) is 36.0 Å². The summed E-state index contributed by atoms with van der Waals surface area (Å²) in [4.78, 5) is 54.5. The molecule has 0 aromatic heterocycles. The highest BCUT2D eigenvalue weighted by atomic mass is 16.5. The first kappa shape index (κ1) is 24.2. The smallest absolute Gasteiger partial charge is 0.316 e. The number of ether oxygens (including phenoxy) is 1. The Morgan fingerprint density at radius 3 is 2.03 bits per heavy atom. The first-order valence-corrected chi connectivity index (χ1v) is 13.0. The van der Waals surface area contributed by atoms with E-state index >= 15 is 0 Å². The molecule has 3 aliphatic rings. The van der Waals surface area contributed by atoms with E-state index in [0.29, 0.717) is 18.0 Å². The van der Waals surface area contributed by atoms with Crippen LogP contribution in [0.25, 0.3) is 0 Å². The van der Waals surface area contributed by atoms with Crippen molar-refractivity contribution in [3.8, 4) is 5.75 Å². The number of amides is 3. The second-order valence-corrected chi connectivity index (χ2v) is 9.96. The molecule has 1 saturated carbocycles. The van der Waals surface area contributed by atoms with Crippen molar-refractivity contribution in [3.05, 3.63) is 53.6 Å². The predicted octanol–water partition coefficient (Wildman–Crippen LogP) is 4.45. The highest BCUT2D eigenvalue weighted by Crippen LogP contribution is 2.40. The van der Waals surface area contributed by atoms with Crippen molar-refractivity contribution in [1.82, 2.24) is 0 Å². The van der Waals surface area contributed by atoms with Crippen LogP contribution in [0.1, 0.15) is 57.1 Å². The number of para-hydroxylation sites is 1. The van der Waals surface area contributed by atoms with Gasteiger partial charge in [-0.25, -0.2) is 0 Å². The lowest BCUT2D eigenvalue weighted by atomic mass is 9.81. The number of hydrogen-bond acceptors (Lipinski definition) is 5. The molecule has 3 amide bonds. The van der Waals surface area contributed by atoms with E-state index in [2.05, 4.69) is 13.8 Å². The number of hydrogen-bond donors (Lipinski definition) is 0. The molecule has 2 aromatic carbocycles. The zero-order valence-electron chi connectivity index (χ0n) is 20.9. The second-order valence-electron chi connectivity index (χ2n) is 9.96. The van der Waals surface area contributed by atoms with E-state index in [1.165, 1.54) is 4.90 Å². The first-order valence-electron chi connectivity index (χ1n) is 13.0. The Balaban J connectivity index is 1.27. The van der Waals surface area contributed by atoms with Gasteiger partial charge >= 0.3 is 5.97 Å². The normalized spacial score (nSPS) is 23.8. The fraction of sp³-hybridized carbons (Fsp3) is 0.448. The molecule has 188 valence electrons. The molecule has 2 saturated heterocycles. The number of anilines is 2. The van der Waals surface area contributed by atoms with Gasteiger partial charge in [0.1, 0.15) is 5.75 Å². The molecule has 2 heterocycles. The Kier molecular flexibility index (Phi) is 6.65. The van der Waals surface area contributed by atoms with Crippen LogP contribution in [0.3, 0.4) is 0 Å². The molecular weight excluding hydrogens is 456 g/mol. The third kappa shape index (κ3) is 4.21. The van der Waals surface area contributed by atoms with E-state index in [9.17, 15) is 19.2 Å². The standard InChI is InChI=1S/C29H32N2O5/c1-3-18-8-7-9-19(4-2)26(18)30-17-20(16-25(30)32)29(35)36-22-14-12-21(13-15-22)31-27(33)23-10-5-6-11-24(23)28(31)34/h7-9,12-15,20,23-24H,3-6,10-11,16-17H2,1-2H3/t20-,23-,24-/m1/s1. The summed E-state index contributed by atoms with van der Waals surface area (Å²) in [7, 11) is 0. The van der Waals surface area contributed by atoms with Crippen LogP contribution in [0.2, 0.25) is 0 Å². The summed E-state index contributed by atoms with van der Waals surface area (Å²) in [6.45, 7) is 4.41. The number of carbonyl (C=O) groups is 4. The largest absolute Gasteiger partial charge is 0.426 e. The molecule has 3 atom stereocenters. The van der Waals surface area contributed by atoms with Crippen molar-refractivity contribution in [2.45, 2.75) is 58.8 Å². The van der Waals surface area contributed by atoms with Crippen LogP contribution < -0.4 is 14.5 Å². The van der Waals surface area contributed by atoms with Crippen LogP contribution in [0.15, 0.2) is 42.5 Å². The van der Waals surface area contributed by atoms with E-state index in [1.807, 2.05) is 18.2 Å². The highest BCUT2D eigenvalue weighted by molar-refractivity contribution is 6.22. The van der Waals surface area contributed by atoms with E-state index in [1.54, 1.807) is 29.2 Å².